The highest BCUT2D eigenvalue weighted by atomic mass is 16.4. The molecule has 7 nitrogen and oxygen atoms in total. The van der Waals surface area contributed by atoms with Crippen LogP contribution in [0.5, 0.6) is 0 Å². The molecule has 2 N–H and O–H groups in total. The van der Waals surface area contributed by atoms with Crippen LogP contribution < -0.4 is 5.32 Å². The number of hydrogen-bond acceptors (Lipinski definition) is 5. The molecule has 1 atom stereocenters. The summed E-state index contributed by atoms with van der Waals surface area (Å²) >= 11 is 0. The Morgan fingerprint density at radius 3 is 3.06 bits per heavy atom. The van der Waals surface area contributed by atoms with Crippen molar-refractivity contribution in [3.05, 3.63) is 12.5 Å². The van der Waals surface area contributed by atoms with Gasteiger partial charge in [-0.3, -0.25) is 9.48 Å². The molecule has 2 aromatic heterocycles. The van der Waals surface area contributed by atoms with Gasteiger partial charge in [0.15, 0.2) is 5.65 Å². The minimum Gasteiger partial charge on any atom is -0.481 e. The fourth-order valence-corrected chi connectivity index (χ4v) is 1.74. The normalized spacial score (nSPS) is 12.6. The minimum atomic E-state index is -0.793. The van der Waals surface area contributed by atoms with Crippen LogP contribution >= 0.6 is 0 Å². The molecule has 1 unspecified atom stereocenters. The van der Waals surface area contributed by atoms with Crippen LogP contribution in [0.1, 0.15) is 13.3 Å². The lowest BCUT2D eigenvalue weighted by molar-refractivity contribution is -0.137. The third-order valence-electron chi connectivity index (χ3n) is 2.67. The van der Waals surface area contributed by atoms with E-state index >= 15 is 0 Å². The van der Waals surface area contributed by atoms with Crippen LogP contribution in [-0.4, -0.2) is 37.4 Å². The number of fused-ring (bicyclic) bond motifs is 1. The van der Waals surface area contributed by atoms with Gasteiger partial charge in [0.05, 0.1) is 11.6 Å². The summed E-state index contributed by atoms with van der Waals surface area (Å²) < 4.78 is 1.67. The highest BCUT2D eigenvalue weighted by Crippen LogP contribution is 2.18. The van der Waals surface area contributed by atoms with Crippen molar-refractivity contribution in [1.82, 2.24) is 19.7 Å². The first-order valence-corrected chi connectivity index (χ1v) is 5.66. The molecule has 0 aliphatic heterocycles. The van der Waals surface area contributed by atoms with Crippen LogP contribution in [0, 0.1) is 5.92 Å². The van der Waals surface area contributed by atoms with Gasteiger partial charge in [0.1, 0.15) is 12.1 Å². The molecule has 0 aliphatic rings. The Bertz CT molecular complexity index is 566. The molecule has 0 saturated carbocycles. The van der Waals surface area contributed by atoms with E-state index in [2.05, 4.69) is 20.4 Å². The maximum atomic E-state index is 10.6. The van der Waals surface area contributed by atoms with Gasteiger partial charge in [-0.25, -0.2) is 9.97 Å². The first-order chi connectivity index (χ1) is 8.58. The van der Waals surface area contributed by atoms with E-state index in [-0.39, 0.29) is 12.3 Å². The zero-order chi connectivity index (χ0) is 13.1. The smallest absolute Gasteiger partial charge is 0.303 e. The molecule has 7 heteroatoms. The number of hydrogen-bond donors (Lipinski definition) is 2. The standard InChI is InChI=1S/C11H15N5O2/c1-7(3-9(17)18)4-12-10-8-5-15-16(2)11(8)14-6-13-10/h5-7H,3-4H2,1-2H3,(H,17,18)(H,12,13,14). The summed E-state index contributed by atoms with van der Waals surface area (Å²) in [5.74, 6) is -0.0759. The highest BCUT2D eigenvalue weighted by Gasteiger charge is 2.10. The summed E-state index contributed by atoms with van der Waals surface area (Å²) in [5, 5.41) is 16.8. The predicted molar refractivity (Wildman–Crippen MR) is 66.2 cm³/mol. The Morgan fingerprint density at radius 2 is 2.33 bits per heavy atom. The Hall–Kier alpha value is -2.18. The third kappa shape index (κ3) is 2.55. The number of carboxylic acid groups (broad SMARTS) is 1. The quantitative estimate of drug-likeness (QED) is 0.817. The van der Waals surface area contributed by atoms with E-state index in [0.29, 0.717) is 12.4 Å². The molecular weight excluding hydrogens is 234 g/mol. The molecule has 96 valence electrons. The van der Waals surface area contributed by atoms with Gasteiger partial charge in [0.2, 0.25) is 0 Å². The van der Waals surface area contributed by atoms with E-state index < -0.39 is 5.97 Å². The van der Waals surface area contributed by atoms with Gasteiger partial charge >= 0.3 is 5.97 Å². The van der Waals surface area contributed by atoms with Gasteiger partial charge < -0.3 is 10.4 Å². The van der Waals surface area contributed by atoms with Crippen LogP contribution in [0.25, 0.3) is 11.0 Å². The number of carboxylic acids is 1. The summed E-state index contributed by atoms with van der Waals surface area (Å²) in [5.41, 5.74) is 0.749. The van der Waals surface area contributed by atoms with Gasteiger partial charge in [-0.1, -0.05) is 6.92 Å². The molecule has 0 amide bonds. The number of rotatable bonds is 5. The molecule has 0 bridgehead atoms. The number of aryl methyl sites for hydroxylation is 1. The Kier molecular flexibility index (Phi) is 3.40. The zero-order valence-electron chi connectivity index (χ0n) is 10.3. The van der Waals surface area contributed by atoms with Crippen molar-refractivity contribution in [2.75, 3.05) is 11.9 Å². The molecule has 0 fully saturated rings. The lowest BCUT2D eigenvalue weighted by Gasteiger charge is -2.11. The summed E-state index contributed by atoms with van der Waals surface area (Å²) in [6.07, 6.45) is 3.29. The van der Waals surface area contributed by atoms with Crippen LogP contribution in [-0.2, 0) is 11.8 Å². The number of nitrogens with one attached hydrogen (secondary N) is 1. The Balaban J connectivity index is 2.10. The van der Waals surface area contributed by atoms with Crippen LogP contribution in [0.2, 0.25) is 0 Å². The summed E-state index contributed by atoms with van der Waals surface area (Å²) in [6.45, 7) is 2.43. The Labute approximate surface area is 104 Å². The van der Waals surface area contributed by atoms with E-state index in [1.165, 1.54) is 6.33 Å². The van der Waals surface area contributed by atoms with Crippen LogP contribution in [0.15, 0.2) is 12.5 Å². The molecule has 18 heavy (non-hydrogen) atoms. The van der Waals surface area contributed by atoms with Gasteiger partial charge in [0, 0.05) is 20.0 Å². The lowest BCUT2D eigenvalue weighted by Crippen LogP contribution is -2.15. The number of aliphatic carboxylic acids is 1. The average molecular weight is 249 g/mol. The first kappa shape index (κ1) is 12.3. The predicted octanol–water partition coefficient (Wildman–Crippen LogP) is 0.886. The largest absolute Gasteiger partial charge is 0.481 e. The maximum absolute atomic E-state index is 10.6. The van der Waals surface area contributed by atoms with Crippen molar-refractivity contribution in [3.8, 4) is 0 Å². The number of anilines is 1. The van der Waals surface area contributed by atoms with E-state index in [0.717, 1.165) is 11.0 Å². The minimum absolute atomic E-state index is 0.0317. The average Bonchev–Trinajstić information content (AvgIpc) is 2.68. The van der Waals surface area contributed by atoms with Crippen molar-refractivity contribution in [3.63, 3.8) is 0 Å². The second-order valence-corrected chi connectivity index (χ2v) is 4.31. The monoisotopic (exact) mass is 249 g/mol. The van der Waals surface area contributed by atoms with E-state index in [1.54, 1.807) is 10.9 Å². The van der Waals surface area contributed by atoms with Crippen molar-refractivity contribution in [2.24, 2.45) is 13.0 Å². The molecule has 0 aromatic carbocycles. The van der Waals surface area contributed by atoms with Crippen molar-refractivity contribution in [2.45, 2.75) is 13.3 Å². The number of nitrogens with zero attached hydrogens (tertiary/aromatic N) is 4. The maximum Gasteiger partial charge on any atom is 0.303 e. The summed E-state index contributed by atoms with van der Waals surface area (Å²) in [6, 6.07) is 0. The molecule has 2 heterocycles. The molecule has 2 aromatic rings. The highest BCUT2D eigenvalue weighted by molar-refractivity contribution is 5.85. The third-order valence-corrected chi connectivity index (χ3v) is 2.67. The van der Waals surface area contributed by atoms with Crippen LogP contribution in [0.3, 0.4) is 0 Å². The molecular formula is C11H15N5O2. The van der Waals surface area contributed by atoms with Crippen LogP contribution in [0.4, 0.5) is 5.82 Å². The van der Waals surface area contributed by atoms with Gasteiger partial charge in [-0.05, 0) is 5.92 Å². The van der Waals surface area contributed by atoms with Crippen molar-refractivity contribution >= 4 is 22.8 Å². The zero-order valence-corrected chi connectivity index (χ0v) is 10.3. The lowest BCUT2D eigenvalue weighted by atomic mass is 10.1. The van der Waals surface area contributed by atoms with E-state index in [4.69, 9.17) is 5.11 Å². The molecule has 0 radical (unpaired) electrons. The van der Waals surface area contributed by atoms with E-state index in [9.17, 15) is 4.79 Å². The summed E-state index contributed by atoms with van der Waals surface area (Å²) in [7, 11) is 1.81. The molecule has 0 spiro atoms. The summed E-state index contributed by atoms with van der Waals surface area (Å²) in [4.78, 5) is 18.9. The molecule has 0 aliphatic carbocycles. The number of carbonyl (C=O) groups is 1. The van der Waals surface area contributed by atoms with Gasteiger partial charge in [0.25, 0.3) is 0 Å². The molecule has 2 rings (SSSR count). The second-order valence-electron chi connectivity index (χ2n) is 4.31. The molecule has 0 saturated heterocycles. The topological polar surface area (TPSA) is 92.9 Å². The number of aromatic nitrogens is 4. The van der Waals surface area contributed by atoms with Gasteiger partial charge in [-0.15, -0.1) is 0 Å². The first-order valence-electron chi connectivity index (χ1n) is 5.66. The van der Waals surface area contributed by atoms with E-state index in [1.807, 2.05) is 14.0 Å². The fraction of sp³-hybridized carbons (Fsp3) is 0.455. The Morgan fingerprint density at radius 1 is 1.56 bits per heavy atom. The van der Waals surface area contributed by atoms with Gasteiger partial charge in [-0.2, -0.15) is 5.10 Å². The second kappa shape index (κ2) is 4.99. The van der Waals surface area contributed by atoms with Crippen molar-refractivity contribution < 1.29 is 9.90 Å². The fourth-order valence-electron chi connectivity index (χ4n) is 1.74. The SMILES string of the molecule is CC(CNc1ncnc2c1cnn2C)CC(=O)O. The van der Waals surface area contributed by atoms with Crippen molar-refractivity contribution in [1.29, 1.82) is 0 Å².